The number of primary amides is 1. The number of rotatable bonds is 1. The van der Waals surface area contributed by atoms with Crippen LogP contribution < -0.4 is 11.1 Å². The molecule has 1 aromatic rings. The molecule has 1 aliphatic heterocycles. The molecule has 1 saturated heterocycles. The minimum absolute atomic E-state index is 0.188. The van der Waals surface area contributed by atoms with Crippen molar-refractivity contribution in [2.75, 3.05) is 19.6 Å². The van der Waals surface area contributed by atoms with Gasteiger partial charge in [-0.1, -0.05) is 0 Å². The van der Waals surface area contributed by atoms with E-state index in [1.807, 2.05) is 0 Å². The van der Waals surface area contributed by atoms with Gasteiger partial charge in [0.1, 0.15) is 6.04 Å². The first kappa shape index (κ1) is 12.6. The molecule has 9 heteroatoms. The van der Waals surface area contributed by atoms with Crippen LogP contribution in [0.25, 0.3) is 0 Å². The van der Waals surface area contributed by atoms with E-state index in [9.17, 15) is 18.0 Å². The molecule has 0 saturated carbocycles. The zero-order valence-corrected chi connectivity index (χ0v) is 9.16. The number of carbonyl (C=O) groups excluding carboxylic acids is 1. The number of urea groups is 1. The smallest absolute Gasteiger partial charge is 0.315 e. The van der Waals surface area contributed by atoms with Crippen molar-refractivity contribution in [1.29, 1.82) is 0 Å². The van der Waals surface area contributed by atoms with Crippen LogP contribution in [-0.4, -0.2) is 40.5 Å². The Hall–Kier alpha value is -1.90. The van der Waals surface area contributed by atoms with E-state index in [1.54, 1.807) is 0 Å². The number of amides is 2. The topological polar surface area (TPSA) is 84.1 Å². The molecule has 1 fully saturated rings. The van der Waals surface area contributed by atoms with Gasteiger partial charge in [0, 0.05) is 19.6 Å². The lowest BCUT2D eigenvalue weighted by Crippen LogP contribution is -2.51. The van der Waals surface area contributed by atoms with Crippen molar-refractivity contribution < 1.29 is 18.0 Å². The fraction of sp³-hybridized carbons (Fsp3) is 0.444. The highest BCUT2D eigenvalue weighted by Gasteiger charge is 2.30. The van der Waals surface area contributed by atoms with Gasteiger partial charge in [0.05, 0.1) is 0 Å². The Bertz CT molecular complexity index is 460. The van der Waals surface area contributed by atoms with Crippen molar-refractivity contribution in [3.05, 3.63) is 23.5 Å². The number of carbonyl (C=O) groups is 1. The lowest BCUT2D eigenvalue weighted by Gasteiger charge is -2.33. The van der Waals surface area contributed by atoms with Crippen molar-refractivity contribution in [1.82, 2.24) is 20.2 Å². The van der Waals surface area contributed by atoms with Crippen molar-refractivity contribution in [3.63, 3.8) is 0 Å². The van der Waals surface area contributed by atoms with Gasteiger partial charge in [-0.05, 0) is 0 Å². The molecule has 98 valence electrons. The van der Waals surface area contributed by atoms with Crippen LogP contribution >= 0.6 is 0 Å². The summed E-state index contributed by atoms with van der Waals surface area (Å²) in [6.07, 6.45) is 0. The van der Waals surface area contributed by atoms with Gasteiger partial charge in [0.2, 0.25) is 5.82 Å². The predicted octanol–water partition coefficient (Wildman–Crippen LogP) is -0.0811. The second-order valence-electron chi connectivity index (χ2n) is 3.73. The molecule has 0 radical (unpaired) electrons. The lowest BCUT2D eigenvalue weighted by molar-refractivity contribution is 0.161. The van der Waals surface area contributed by atoms with E-state index in [0.717, 1.165) is 0 Å². The summed E-state index contributed by atoms with van der Waals surface area (Å²) >= 11 is 0. The van der Waals surface area contributed by atoms with Crippen LogP contribution in [0.4, 0.5) is 18.0 Å². The number of aromatic nitrogens is 2. The van der Waals surface area contributed by atoms with Gasteiger partial charge >= 0.3 is 6.03 Å². The second-order valence-corrected chi connectivity index (χ2v) is 3.73. The van der Waals surface area contributed by atoms with Crippen LogP contribution in [0.1, 0.15) is 11.9 Å². The number of nitrogens with two attached hydrogens (primary N) is 1. The van der Waals surface area contributed by atoms with Gasteiger partial charge in [-0.3, -0.25) is 0 Å². The summed E-state index contributed by atoms with van der Waals surface area (Å²) in [5.41, 5.74) is 5.14. The molecule has 0 aliphatic carbocycles. The average molecular weight is 261 g/mol. The standard InChI is InChI=1S/C9H10F3N5O/c10-5-6(11)15-8(16-7(5)12)4-3-14-1-2-17(4)9(13)18/h4,14H,1-3H2,(H2,13,18). The molecule has 2 rings (SSSR count). The molecular formula is C9H10F3N5O. The maximum Gasteiger partial charge on any atom is 0.315 e. The molecule has 1 aromatic heterocycles. The van der Waals surface area contributed by atoms with Crippen LogP contribution in [-0.2, 0) is 0 Å². The Morgan fingerprint density at radius 3 is 2.50 bits per heavy atom. The van der Waals surface area contributed by atoms with Gasteiger partial charge in [-0.2, -0.15) is 23.1 Å². The summed E-state index contributed by atoms with van der Waals surface area (Å²) in [6.45, 7) is 0.934. The fourth-order valence-electron chi connectivity index (χ4n) is 1.76. The third-order valence-electron chi connectivity index (χ3n) is 2.61. The number of hydrogen-bond acceptors (Lipinski definition) is 4. The van der Waals surface area contributed by atoms with Gasteiger partial charge in [0.25, 0.3) is 11.9 Å². The Balaban J connectivity index is 2.37. The molecule has 6 nitrogen and oxygen atoms in total. The molecule has 1 atom stereocenters. The quantitative estimate of drug-likeness (QED) is 0.692. The molecule has 3 N–H and O–H groups in total. The summed E-state index contributed by atoms with van der Waals surface area (Å²) in [4.78, 5) is 18.8. The molecule has 2 heterocycles. The molecule has 1 unspecified atom stereocenters. The normalized spacial score (nSPS) is 19.9. The van der Waals surface area contributed by atoms with Crippen molar-refractivity contribution >= 4 is 6.03 Å². The Morgan fingerprint density at radius 2 is 1.94 bits per heavy atom. The zero-order chi connectivity index (χ0) is 13.3. The van der Waals surface area contributed by atoms with E-state index in [2.05, 4.69) is 15.3 Å². The summed E-state index contributed by atoms with van der Waals surface area (Å²) < 4.78 is 38.7. The molecule has 18 heavy (non-hydrogen) atoms. The predicted molar refractivity (Wildman–Crippen MR) is 53.8 cm³/mol. The monoisotopic (exact) mass is 261 g/mol. The summed E-state index contributed by atoms with van der Waals surface area (Å²) in [6, 6.07) is -1.57. The van der Waals surface area contributed by atoms with E-state index in [-0.39, 0.29) is 18.9 Å². The van der Waals surface area contributed by atoms with Crippen molar-refractivity contribution in [2.45, 2.75) is 6.04 Å². The van der Waals surface area contributed by atoms with Crippen LogP contribution in [0, 0.1) is 17.7 Å². The van der Waals surface area contributed by atoms with E-state index >= 15 is 0 Å². The van der Waals surface area contributed by atoms with E-state index in [1.165, 1.54) is 4.90 Å². The van der Waals surface area contributed by atoms with E-state index < -0.39 is 29.8 Å². The maximum absolute atomic E-state index is 13.0. The van der Waals surface area contributed by atoms with Gasteiger partial charge in [-0.15, -0.1) is 0 Å². The van der Waals surface area contributed by atoms with Crippen LogP contribution in [0.3, 0.4) is 0 Å². The SMILES string of the molecule is NC(=O)N1CCNCC1c1nc(F)c(F)c(F)n1. The third kappa shape index (κ3) is 2.21. The summed E-state index contributed by atoms with van der Waals surface area (Å²) in [5.74, 6) is -5.24. The second kappa shape index (κ2) is 4.77. The Labute approximate surface area is 100.0 Å². The Kier molecular flexibility index (Phi) is 3.32. The molecule has 0 aromatic carbocycles. The van der Waals surface area contributed by atoms with Gasteiger partial charge in [-0.25, -0.2) is 4.79 Å². The van der Waals surface area contributed by atoms with E-state index in [0.29, 0.717) is 6.54 Å². The highest BCUT2D eigenvalue weighted by molar-refractivity contribution is 5.72. The summed E-state index contributed by atoms with van der Waals surface area (Å²) in [5, 5.41) is 2.90. The van der Waals surface area contributed by atoms with E-state index in [4.69, 9.17) is 5.73 Å². The number of nitrogens with zero attached hydrogens (tertiary/aromatic N) is 3. The molecular weight excluding hydrogens is 251 g/mol. The first-order valence-electron chi connectivity index (χ1n) is 5.16. The lowest BCUT2D eigenvalue weighted by atomic mass is 10.2. The minimum Gasteiger partial charge on any atom is -0.351 e. The summed E-state index contributed by atoms with van der Waals surface area (Å²) in [7, 11) is 0. The highest BCUT2D eigenvalue weighted by atomic mass is 19.2. The first-order valence-corrected chi connectivity index (χ1v) is 5.16. The highest BCUT2D eigenvalue weighted by Crippen LogP contribution is 2.20. The fourth-order valence-corrected chi connectivity index (χ4v) is 1.76. The number of halogens is 3. The maximum atomic E-state index is 13.0. The number of piperazine rings is 1. The third-order valence-corrected chi connectivity index (χ3v) is 2.61. The van der Waals surface area contributed by atoms with Crippen LogP contribution in [0.2, 0.25) is 0 Å². The largest absolute Gasteiger partial charge is 0.351 e. The Morgan fingerprint density at radius 1 is 1.33 bits per heavy atom. The first-order chi connectivity index (χ1) is 8.50. The van der Waals surface area contributed by atoms with Gasteiger partial charge in [0.15, 0.2) is 5.82 Å². The zero-order valence-electron chi connectivity index (χ0n) is 9.16. The van der Waals surface area contributed by atoms with Crippen LogP contribution in [0.15, 0.2) is 0 Å². The number of hydrogen-bond donors (Lipinski definition) is 2. The van der Waals surface area contributed by atoms with Crippen molar-refractivity contribution in [3.8, 4) is 0 Å². The number of nitrogens with one attached hydrogen (secondary N) is 1. The molecule has 0 spiro atoms. The van der Waals surface area contributed by atoms with Gasteiger partial charge < -0.3 is 16.0 Å². The molecule has 0 bridgehead atoms. The van der Waals surface area contributed by atoms with Crippen molar-refractivity contribution in [2.24, 2.45) is 5.73 Å². The average Bonchev–Trinajstić information content (AvgIpc) is 2.35. The van der Waals surface area contributed by atoms with Crippen LogP contribution in [0.5, 0.6) is 0 Å². The molecule has 1 aliphatic rings. The molecule has 2 amide bonds. The minimum atomic E-state index is -1.74.